The second-order valence-electron chi connectivity index (χ2n) is 4.71. The number of ether oxygens (including phenoxy) is 3. The maximum Gasteiger partial charge on any atom is 0.338 e. The first-order chi connectivity index (χ1) is 10.0. The molecule has 7 nitrogen and oxygen atoms in total. The molecule has 0 saturated carbocycles. The smallest absolute Gasteiger partial charge is 0.338 e. The van der Waals surface area contributed by atoms with Crippen LogP contribution in [-0.2, 0) is 14.2 Å². The van der Waals surface area contributed by atoms with Gasteiger partial charge in [0.2, 0.25) is 0 Å². The molecule has 2 rings (SSSR count). The van der Waals surface area contributed by atoms with Gasteiger partial charge in [-0.05, 0) is 12.1 Å². The van der Waals surface area contributed by atoms with Crippen LogP contribution in [0.3, 0.4) is 0 Å². The van der Waals surface area contributed by atoms with Gasteiger partial charge in [0.1, 0.15) is 31.0 Å². The first-order valence-electron chi connectivity index (χ1n) is 6.49. The van der Waals surface area contributed by atoms with Gasteiger partial charge in [-0.3, -0.25) is 0 Å². The Bertz CT molecular complexity index is 462. The Morgan fingerprint density at radius 3 is 2.43 bits per heavy atom. The summed E-state index contributed by atoms with van der Waals surface area (Å²) in [6.07, 6.45) is -6.27. The number of rotatable bonds is 4. The van der Waals surface area contributed by atoms with Crippen LogP contribution in [-0.4, -0.2) is 65.7 Å². The molecule has 0 amide bonds. The van der Waals surface area contributed by atoms with Crippen LogP contribution in [0.2, 0.25) is 0 Å². The van der Waals surface area contributed by atoms with Gasteiger partial charge in [0.05, 0.1) is 5.56 Å². The highest BCUT2D eigenvalue weighted by molar-refractivity contribution is 5.89. The van der Waals surface area contributed by atoms with E-state index in [9.17, 15) is 20.1 Å². The van der Waals surface area contributed by atoms with Gasteiger partial charge in [-0.15, -0.1) is 0 Å². The lowest BCUT2D eigenvalue weighted by atomic mass is 9.99. The Kier molecular flexibility index (Phi) is 5.27. The summed E-state index contributed by atoms with van der Waals surface area (Å²) in [5, 5.41) is 29.1. The Morgan fingerprint density at radius 1 is 1.14 bits per heavy atom. The summed E-state index contributed by atoms with van der Waals surface area (Å²) in [6, 6.07) is 8.35. The third-order valence-corrected chi connectivity index (χ3v) is 3.29. The number of benzene rings is 1. The first-order valence-corrected chi connectivity index (χ1v) is 6.49. The largest absolute Gasteiger partial charge is 0.459 e. The number of carbonyl (C=O) groups excluding carboxylic acids is 1. The molecule has 1 saturated heterocycles. The number of carbonyl (C=O) groups is 1. The molecule has 0 aromatic heterocycles. The lowest BCUT2D eigenvalue weighted by molar-refractivity contribution is -0.294. The van der Waals surface area contributed by atoms with Crippen molar-refractivity contribution >= 4 is 5.97 Å². The summed E-state index contributed by atoms with van der Waals surface area (Å²) in [7, 11) is 1.30. The zero-order valence-electron chi connectivity index (χ0n) is 11.5. The fourth-order valence-electron chi connectivity index (χ4n) is 2.06. The van der Waals surface area contributed by atoms with Crippen LogP contribution in [0.1, 0.15) is 10.4 Å². The minimum Gasteiger partial charge on any atom is -0.459 e. The number of hydrogen-bond donors (Lipinski definition) is 3. The minimum atomic E-state index is -1.44. The van der Waals surface area contributed by atoms with Crippen molar-refractivity contribution < 1.29 is 34.3 Å². The maximum atomic E-state index is 11.8. The van der Waals surface area contributed by atoms with Gasteiger partial charge >= 0.3 is 5.97 Å². The number of hydrogen-bond acceptors (Lipinski definition) is 7. The lowest BCUT2D eigenvalue weighted by Gasteiger charge is -2.39. The van der Waals surface area contributed by atoms with E-state index in [1.54, 1.807) is 30.3 Å². The fraction of sp³-hybridized carbons (Fsp3) is 0.500. The Labute approximate surface area is 121 Å². The Balaban J connectivity index is 1.94. The summed E-state index contributed by atoms with van der Waals surface area (Å²) in [5.41, 5.74) is 0.367. The van der Waals surface area contributed by atoms with Crippen molar-refractivity contribution in [2.45, 2.75) is 30.7 Å². The van der Waals surface area contributed by atoms with E-state index in [1.165, 1.54) is 7.11 Å². The van der Waals surface area contributed by atoms with Gasteiger partial charge in [-0.1, -0.05) is 18.2 Å². The van der Waals surface area contributed by atoms with E-state index < -0.39 is 36.7 Å². The van der Waals surface area contributed by atoms with E-state index in [2.05, 4.69) is 0 Å². The molecule has 1 aliphatic heterocycles. The predicted octanol–water partition coefficient (Wildman–Crippen LogP) is -0.703. The van der Waals surface area contributed by atoms with Gasteiger partial charge < -0.3 is 29.5 Å². The van der Waals surface area contributed by atoms with Crippen molar-refractivity contribution in [3.63, 3.8) is 0 Å². The molecule has 5 atom stereocenters. The second-order valence-corrected chi connectivity index (χ2v) is 4.71. The van der Waals surface area contributed by atoms with Gasteiger partial charge in [-0.25, -0.2) is 4.79 Å². The number of esters is 1. The molecular weight excluding hydrogens is 280 g/mol. The highest BCUT2D eigenvalue weighted by atomic mass is 16.7. The molecule has 3 N–H and O–H groups in total. The maximum absolute atomic E-state index is 11.8. The van der Waals surface area contributed by atoms with E-state index in [0.717, 1.165) is 0 Å². The summed E-state index contributed by atoms with van der Waals surface area (Å²) >= 11 is 0. The molecule has 7 heteroatoms. The summed E-state index contributed by atoms with van der Waals surface area (Å²) in [4.78, 5) is 11.8. The molecule has 21 heavy (non-hydrogen) atoms. The van der Waals surface area contributed by atoms with Gasteiger partial charge in [0.15, 0.2) is 6.29 Å². The molecule has 0 unspecified atom stereocenters. The van der Waals surface area contributed by atoms with Crippen molar-refractivity contribution in [3.05, 3.63) is 35.9 Å². The average molecular weight is 298 g/mol. The van der Waals surface area contributed by atoms with Crippen LogP contribution < -0.4 is 0 Å². The Morgan fingerprint density at radius 2 is 1.81 bits per heavy atom. The zero-order valence-corrected chi connectivity index (χ0v) is 11.5. The highest BCUT2D eigenvalue weighted by Crippen LogP contribution is 2.22. The molecule has 1 aliphatic rings. The van der Waals surface area contributed by atoms with Crippen molar-refractivity contribution in [1.82, 2.24) is 0 Å². The van der Waals surface area contributed by atoms with E-state index in [4.69, 9.17) is 14.2 Å². The Hall–Kier alpha value is -1.51. The minimum absolute atomic E-state index is 0.265. The van der Waals surface area contributed by atoms with Crippen LogP contribution >= 0.6 is 0 Å². The number of methoxy groups -OCH3 is 1. The zero-order chi connectivity index (χ0) is 15.4. The molecule has 1 aromatic carbocycles. The third-order valence-electron chi connectivity index (χ3n) is 3.29. The number of aliphatic hydroxyl groups excluding tert-OH is 3. The van der Waals surface area contributed by atoms with Gasteiger partial charge in [-0.2, -0.15) is 0 Å². The van der Waals surface area contributed by atoms with Crippen molar-refractivity contribution in [1.29, 1.82) is 0 Å². The molecule has 1 aromatic rings. The average Bonchev–Trinajstić information content (AvgIpc) is 2.52. The standard InChI is InChI=1S/C14H18O7/c1-19-14-12(17)11(16)10(15)9(21-14)7-20-13(18)8-5-3-2-4-6-8/h2-6,9-12,14-17H,7H2,1H3/t9-,10-,11+,12+,14+/m1/s1. The molecule has 1 heterocycles. The second kappa shape index (κ2) is 6.97. The van der Waals surface area contributed by atoms with Crippen LogP contribution in [0.25, 0.3) is 0 Å². The molecule has 0 aliphatic carbocycles. The summed E-state index contributed by atoms with van der Waals surface area (Å²) in [5.74, 6) is -0.569. The quantitative estimate of drug-likeness (QED) is 0.631. The van der Waals surface area contributed by atoms with Crippen LogP contribution in [0.15, 0.2) is 30.3 Å². The lowest BCUT2D eigenvalue weighted by Crippen LogP contribution is -2.59. The fourth-order valence-corrected chi connectivity index (χ4v) is 2.06. The molecular formula is C14H18O7. The van der Waals surface area contributed by atoms with E-state index in [1.807, 2.05) is 0 Å². The van der Waals surface area contributed by atoms with E-state index in [0.29, 0.717) is 5.56 Å². The van der Waals surface area contributed by atoms with Gasteiger partial charge in [0.25, 0.3) is 0 Å². The van der Waals surface area contributed by atoms with E-state index >= 15 is 0 Å². The summed E-state index contributed by atoms with van der Waals surface area (Å²) in [6.45, 7) is -0.265. The molecule has 0 spiro atoms. The van der Waals surface area contributed by atoms with Crippen LogP contribution in [0, 0.1) is 0 Å². The monoisotopic (exact) mass is 298 g/mol. The summed E-state index contributed by atoms with van der Waals surface area (Å²) < 4.78 is 15.2. The molecule has 0 bridgehead atoms. The van der Waals surface area contributed by atoms with Crippen molar-refractivity contribution in [2.24, 2.45) is 0 Å². The molecule has 116 valence electrons. The molecule has 1 fully saturated rings. The predicted molar refractivity (Wildman–Crippen MR) is 70.4 cm³/mol. The van der Waals surface area contributed by atoms with Gasteiger partial charge in [0, 0.05) is 7.11 Å². The highest BCUT2D eigenvalue weighted by Gasteiger charge is 2.44. The normalized spacial score (nSPS) is 32.7. The van der Waals surface area contributed by atoms with Crippen molar-refractivity contribution in [3.8, 4) is 0 Å². The van der Waals surface area contributed by atoms with Crippen LogP contribution in [0.5, 0.6) is 0 Å². The van der Waals surface area contributed by atoms with Crippen LogP contribution in [0.4, 0.5) is 0 Å². The van der Waals surface area contributed by atoms with Crippen molar-refractivity contribution in [2.75, 3.05) is 13.7 Å². The SMILES string of the molecule is CO[C@H]1O[C@H](COC(=O)c2ccccc2)[C@@H](O)[C@H](O)[C@@H]1O. The topological polar surface area (TPSA) is 105 Å². The number of aliphatic hydroxyl groups is 3. The first kappa shape index (κ1) is 15.9. The molecule has 0 radical (unpaired) electrons. The van der Waals surface area contributed by atoms with E-state index in [-0.39, 0.29) is 6.61 Å². The third kappa shape index (κ3) is 3.58.